The fraction of sp³-hybridized carbons (Fsp3) is 0.429. The van der Waals surface area contributed by atoms with Gasteiger partial charge in [0.05, 0.1) is 31.4 Å². The average molecular weight is 259 g/mol. The van der Waals surface area contributed by atoms with Gasteiger partial charge in [-0.3, -0.25) is 4.79 Å². The molecule has 2 heterocycles. The Hall–Kier alpha value is -1.90. The van der Waals surface area contributed by atoms with Crippen LogP contribution in [0.3, 0.4) is 0 Å². The highest BCUT2D eigenvalue weighted by molar-refractivity contribution is 5.95. The van der Waals surface area contributed by atoms with Gasteiger partial charge in [-0.15, -0.1) is 0 Å². The van der Waals surface area contributed by atoms with Gasteiger partial charge in [-0.2, -0.15) is 0 Å². The third-order valence-corrected chi connectivity index (χ3v) is 2.96. The molecule has 2 N–H and O–H groups in total. The summed E-state index contributed by atoms with van der Waals surface area (Å²) in [7, 11) is 0. The summed E-state index contributed by atoms with van der Waals surface area (Å²) in [5, 5.41) is 0. The van der Waals surface area contributed by atoms with Gasteiger partial charge in [0.15, 0.2) is 0 Å². The fourth-order valence-corrected chi connectivity index (χ4v) is 1.99. The highest BCUT2D eigenvalue weighted by Gasteiger charge is 2.26. The van der Waals surface area contributed by atoms with Crippen molar-refractivity contribution in [1.29, 1.82) is 0 Å². The number of nitrogens with zero attached hydrogens (tertiary/aromatic N) is 2. The molecule has 0 bridgehead atoms. The Labute approximate surface area is 112 Å². The maximum atomic E-state index is 12.5. The summed E-state index contributed by atoms with van der Waals surface area (Å²) in [6.45, 7) is 3.93. The first-order valence-electron chi connectivity index (χ1n) is 6.26. The summed E-state index contributed by atoms with van der Waals surface area (Å²) in [5.74, 6) is 5.55. The molecular formula is C14H17N3O2. The summed E-state index contributed by atoms with van der Waals surface area (Å²) >= 11 is 0. The van der Waals surface area contributed by atoms with E-state index in [-0.39, 0.29) is 18.5 Å². The summed E-state index contributed by atoms with van der Waals surface area (Å²) in [6.07, 6.45) is 1.60. The summed E-state index contributed by atoms with van der Waals surface area (Å²) in [5.41, 5.74) is 6.37. The fourth-order valence-electron chi connectivity index (χ4n) is 1.99. The molecule has 0 radical (unpaired) electrons. The van der Waals surface area contributed by atoms with Crippen molar-refractivity contribution in [2.45, 2.75) is 13.0 Å². The van der Waals surface area contributed by atoms with Gasteiger partial charge in [0, 0.05) is 12.7 Å². The van der Waals surface area contributed by atoms with Crippen molar-refractivity contribution in [2.24, 2.45) is 5.73 Å². The minimum atomic E-state index is -0.0993. The molecule has 1 aliphatic rings. The lowest BCUT2D eigenvalue weighted by atomic mass is 10.1. The Morgan fingerprint density at radius 3 is 3.26 bits per heavy atom. The Morgan fingerprint density at radius 1 is 1.68 bits per heavy atom. The maximum absolute atomic E-state index is 12.5. The van der Waals surface area contributed by atoms with E-state index < -0.39 is 0 Å². The lowest BCUT2D eigenvalue weighted by Gasteiger charge is -2.33. The van der Waals surface area contributed by atoms with E-state index in [2.05, 4.69) is 16.8 Å². The van der Waals surface area contributed by atoms with Crippen molar-refractivity contribution >= 4 is 5.91 Å². The van der Waals surface area contributed by atoms with Crippen LogP contribution in [-0.4, -0.2) is 48.1 Å². The third kappa shape index (κ3) is 3.11. The summed E-state index contributed by atoms with van der Waals surface area (Å²) < 4.78 is 5.33. The van der Waals surface area contributed by atoms with E-state index in [4.69, 9.17) is 10.5 Å². The van der Waals surface area contributed by atoms with Gasteiger partial charge in [-0.25, -0.2) is 4.98 Å². The zero-order valence-electron chi connectivity index (χ0n) is 10.9. The number of carbonyl (C=O) groups excluding carboxylic acids is 1. The van der Waals surface area contributed by atoms with Gasteiger partial charge >= 0.3 is 0 Å². The highest BCUT2D eigenvalue weighted by Crippen LogP contribution is 2.13. The standard InChI is InChI=1S/C14H17N3O2/c1-11-10-19-9-8-17(11)14(18)13-12(4-2-6-15)5-3-7-16-13/h3,5,7,11H,6,8-10,15H2,1H3. The molecule has 1 saturated heterocycles. The zero-order valence-corrected chi connectivity index (χ0v) is 10.9. The van der Waals surface area contributed by atoms with E-state index in [9.17, 15) is 4.79 Å². The molecule has 1 aromatic heterocycles. The number of hydrogen-bond acceptors (Lipinski definition) is 4. The second kappa shape index (κ2) is 6.32. The maximum Gasteiger partial charge on any atom is 0.274 e. The van der Waals surface area contributed by atoms with E-state index in [0.29, 0.717) is 31.0 Å². The number of hydrogen-bond donors (Lipinski definition) is 1. The molecule has 100 valence electrons. The molecule has 1 atom stereocenters. The Bertz CT molecular complexity index is 519. The minimum absolute atomic E-state index is 0.0542. The van der Waals surface area contributed by atoms with Gasteiger partial charge in [-0.1, -0.05) is 11.8 Å². The van der Waals surface area contributed by atoms with Gasteiger partial charge in [0.2, 0.25) is 0 Å². The predicted octanol–water partition coefficient (Wildman–Crippen LogP) is 0.253. The molecule has 5 nitrogen and oxygen atoms in total. The second-order valence-corrected chi connectivity index (χ2v) is 4.33. The third-order valence-electron chi connectivity index (χ3n) is 2.96. The predicted molar refractivity (Wildman–Crippen MR) is 71.5 cm³/mol. The van der Waals surface area contributed by atoms with Crippen LogP contribution in [0.25, 0.3) is 0 Å². The van der Waals surface area contributed by atoms with E-state index in [0.717, 1.165) is 0 Å². The average Bonchev–Trinajstić information content (AvgIpc) is 2.45. The summed E-state index contributed by atoms with van der Waals surface area (Å²) in [4.78, 5) is 18.4. The number of morpholine rings is 1. The number of pyridine rings is 1. The summed E-state index contributed by atoms with van der Waals surface area (Å²) in [6, 6.07) is 3.60. The van der Waals surface area contributed by atoms with Crippen LogP contribution < -0.4 is 5.73 Å². The van der Waals surface area contributed by atoms with Crippen LogP contribution in [0, 0.1) is 11.8 Å². The van der Waals surface area contributed by atoms with Gasteiger partial charge in [-0.05, 0) is 19.1 Å². The van der Waals surface area contributed by atoms with E-state index in [1.807, 2.05) is 6.92 Å². The van der Waals surface area contributed by atoms with E-state index >= 15 is 0 Å². The molecule has 0 aromatic carbocycles. The topological polar surface area (TPSA) is 68.5 Å². The lowest BCUT2D eigenvalue weighted by molar-refractivity contribution is 0.00325. The minimum Gasteiger partial charge on any atom is -0.377 e. The normalized spacial score (nSPS) is 18.6. The van der Waals surface area contributed by atoms with Crippen molar-refractivity contribution < 1.29 is 9.53 Å². The molecule has 1 unspecified atom stereocenters. The molecular weight excluding hydrogens is 242 g/mol. The first-order valence-corrected chi connectivity index (χ1v) is 6.26. The molecule has 2 rings (SSSR count). The van der Waals surface area contributed by atoms with E-state index in [1.165, 1.54) is 0 Å². The molecule has 0 spiro atoms. The van der Waals surface area contributed by atoms with Gasteiger partial charge in [0.1, 0.15) is 5.69 Å². The van der Waals surface area contributed by atoms with Crippen LogP contribution in [0.5, 0.6) is 0 Å². The zero-order chi connectivity index (χ0) is 13.7. The number of aromatic nitrogens is 1. The second-order valence-electron chi connectivity index (χ2n) is 4.33. The Morgan fingerprint density at radius 2 is 2.53 bits per heavy atom. The number of nitrogens with two attached hydrogens (primary N) is 1. The van der Waals surface area contributed by atoms with Gasteiger partial charge < -0.3 is 15.4 Å². The number of ether oxygens (including phenoxy) is 1. The number of amides is 1. The first-order chi connectivity index (χ1) is 9.24. The van der Waals surface area contributed by atoms with Crippen LogP contribution in [-0.2, 0) is 4.74 Å². The van der Waals surface area contributed by atoms with Crippen LogP contribution in [0.15, 0.2) is 18.3 Å². The molecule has 0 aliphatic carbocycles. The van der Waals surface area contributed by atoms with Crippen LogP contribution in [0.2, 0.25) is 0 Å². The Balaban J connectivity index is 2.27. The van der Waals surface area contributed by atoms with Crippen LogP contribution in [0.1, 0.15) is 23.0 Å². The number of carbonyl (C=O) groups is 1. The van der Waals surface area contributed by atoms with E-state index in [1.54, 1.807) is 23.2 Å². The molecule has 1 aromatic rings. The number of rotatable bonds is 1. The Kier molecular flexibility index (Phi) is 4.50. The van der Waals surface area contributed by atoms with Crippen molar-refractivity contribution in [3.05, 3.63) is 29.6 Å². The van der Waals surface area contributed by atoms with Crippen LogP contribution >= 0.6 is 0 Å². The monoisotopic (exact) mass is 259 g/mol. The largest absolute Gasteiger partial charge is 0.377 e. The van der Waals surface area contributed by atoms with Gasteiger partial charge in [0.25, 0.3) is 5.91 Å². The van der Waals surface area contributed by atoms with Crippen molar-refractivity contribution in [1.82, 2.24) is 9.88 Å². The van der Waals surface area contributed by atoms with Crippen molar-refractivity contribution in [3.63, 3.8) is 0 Å². The SMILES string of the molecule is CC1COCCN1C(=O)c1ncccc1C#CCN. The lowest BCUT2D eigenvalue weighted by Crippen LogP contribution is -2.47. The quantitative estimate of drug-likeness (QED) is 0.734. The molecule has 19 heavy (non-hydrogen) atoms. The first kappa shape index (κ1) is 13.5. The molecule has 0 saturated carbocycles. The highest BCUT2D eigenvalue weighted by atomic mass is 16.5. The molecule has 1 fully saturated rings. The van der Waals surface area contributed by atoms with Crippen molar-refractivity contribution in [3.8, 4) is 11.8 Å². The van der Waals surface area contributed by atoms with Crippen molar-refractivity contribution in [2.75, 3.05) is 26.3 Å². The molecule has 1 aliphatic heterocycles. The molecule has 1 amide bonds. The molecule has 5 heteroatoms. The smallest absolute Gasteiger partial charge is 0.274 e. The van der Waals surface area contributed by atoms with Crippen LogP contribution in [0.4, 0.5) is 0 Å².